The van der Waals surface area contributed by atoms with E-state index in [0.717, 1.165) is 33.7 Å². The standard InChI is InChI=1S/C22H21NO2/c1-14-13-22(2,3)23-20-17(14)11-16(25-4)12-18(20)19(21(23)24)10-15-8-6-5-7-9-15/h5-13H,1-4H3. The second-order valence-corrected chi connectivity index (χ2v) is 7.16. The van der Waals surface area contributed by atoms with Gasteiger partial charge >= 0.3 is 0 Å². The van der Waals surface area contributed by atoms with Crippen molar-refractivity contribution in [3.8, 4) is 5.75 Å². The predicted molar refractivity (Wildman–Crippen MR) is 103 cm³/mol. The lowest BCUT2D eigenvalue weighted by molar-refractivity contribution is -0.113. The Balaban J connectivity index is 2.01. The second-order valence-electron chi connectivity index (χ2n) is 7.16. The van der Waals surface area contributed by atoms with Crippen molar-refractivity contribution in [2.45, 2.75) is 26.3 Å². The Hall–Kier alpha value is -2.81. The molecule has 0 bridgehead atoms. The highest BCUT2D eigenvalue weighted by Gasteiger charge is 2.44. The first kappa shape index (κ1) is 15.7. The van der Waals surface area contributed by atoms with Crippen LogP contribution in [0.2, 0.25) is 0 Å². The Bertz CT molecular complexity index is 936. The minimum absolute atomic E-state index is 0.0436. The Morgan fingerprint density at radius 3 is 2.44 bits per heavy atom. The van der Waals surface area contributed by atoms with Gasteiger partial charge in [0, 0.05) is 11.1 Å². The van der Waals surface area contributed by atoms with E-state index in [2.05, 4.69) is 26.8 Å². The molecule has 2 aliphatic heterocycles. The number of benzene rings is 2. The second kappa shape index (κ2) is 5.35. The third-order valence-corrected chi connectivity index (χ3v) is 4.95. The summed E-state index contributed by atoms with van der Waals surface area (Å²) in [5, 5.41) is 0. The number of methoxy groups -OCH3 is 1. The third kappa shape index (κ3) is 2.30. The van der Waals surface area contributed by atoms with Gasteiger partial charge in [0.05, 0.1) is 23.9 Å². The van der Waals surface area contributed by atoms with Crippen LogP contribution in [0, 0.1) is 0 Å². The average molecular weight is 331 g/mol. The van der Waals surface area contributed by atoms with Gasteiger partial charge in [-0.25, -0.2) is 0 Å². The van der Waals surface area contributed by atoms with Gasteiger partial charge in [-0.3, -0.25) is 9.69 Å². The summed E-state index contributed by atoms with van der Waals surface area (Å²) in [6, 6.07) is 14.0. The number of hydrogen-bond acceptors (Lipinski definition) is 2. The molecular formula is C22H21NO2. The van der Waals surface area contributed by atoms with Crippen molar-refractivity contribution in [2.24, 2.45) is 0 Å². The molecule has 0 fully saturated rings. The SMILES string of the molecule is COc1cc2c3c(c1)C(=Cc1ccccc1)C(=O)N3C(C)(C)C=C2C. The fraction of sp³-hybridized carbons (Fsp3) is 0.227. The molecule has 2 aromatic rings. The molecule has 3 nitrogen and oxygen atoms in total. The van der Waals surface area contributed by atoms with Crippen LogP contribution >= 0.6 is 0 Å². The smallest absolute Gasteiger partial charge is 0.259 e. The van der Waals surface area contributed by atoms with Gasteiger partial charge in [-0.2, -0.15) is 0 Å². The number of ether oxygens (including phenoxy) is 1. The molecule has 0 saturated carbocycles. The molecule has 0 spiro atoms. The highest BCUT2D eigenvalue weighted by molar-refractivity contribution is 6.37. The monoisotopic (exact) mass is 331 g/mol. The predicted octanol–water partition coefficient (Wildman–Crippen LogP) is 4.78. The van der Waals surface area contributed by atoms with E-state index in [0.29, 0.717) is 0 Å². The van der Waals surface area contributed by atoms with Gasteiger partial charge in [-0.15, -0.1) is 0 Å². The van der Waals surface area contributed by atoms with E-state index in [4.69, 9.17) is 4.74 Å². The summed E-state index contributed by atoms with van der Waals surface area (Å²) in [7, 11) is 1.66. The molecule has 126 valence electrons. The highest BCUT2D eigenvalue weighted by atomic mass is 16.5. The zero-order valence-corrected chi connectivity index (χ0v) is 15.0. The number of anilines is 1. The van der Waals surface area contributed by atoms with E-state index in [1.54, 1.807) is 7.11 Å². The molecule has 0 saturated heterocycles. The summed E-state index contributed by atoms with van der Waals surface area (Å²) < 4.78 is 5.49. The zero-order chi connectivity index (χ0) is 17.8. The first-order valence-electron chi connectivity index (χ1n) is 8.46. The number of nitrogens with zero attached hydrogens (tertiary/aromatic N) is 1. The summed E-state index contributed by atoms with van der Waals surface area (Å²) in [6.07, 6.45) is 4.13. The van der Waals surface area contributed by atoms with Crippen molar-refractivity contribution in [3.05, 3.63) is 65.2 Å². The van der Waals surface area contributed by atoms with Crippen LogP contribution in [-0.2, 0) is 4.79 Å². The lowest BCUT2D eigenvalue weighted by Gasteiger charge is -2.38. The van der Waals surface area contributed by atoms with Gasteiger partial charge in [0.25, 0.3) is 5.91 Å². The van der Waals surface area contributed by atoms with Crippen LogP contribution in [0.3, 0.4) is 0 Å². The molecule has 0 unspecified atom stereocenters. The van der Waals surface area contributed by atoms with Crippen LogP contribution in [-0.4, -0.2) is 18.6 Å². The van der Waals surface area contributed by atoms with E-state index in [9.17, 15) is 4.79 Å². The molecule has 3 heteroatoms. The largest absolute Gasteiger partial charge is 0.497 e. The van der Waals surface area contributed by atoms with Crippen LogP contribution in [0.25, 0.3) is 17.2 Å². The number of hydrogen-bond donors (Lipinski definition) is 0. The highest BCUT2D eigenvalue weighted by Crippen LogP contribution is 2.50. The minimum atomic E-state index is -0.357. The van der Waals surface area contributed by atoms with Crippen LogP contribution in [0.5, 0.6) is 5.75 Å². The van der Waals surface area contributed by atoms with Crippen molar-refractivity contribution < 1.29 is 9.53 Å². The summed E-state index contributed by atoms with van der Waals surface area (Å²) in [6.45, 7) is 6.26. The minimum Gasteiger partial charge on any atom is -0.497 e. The van der Waals surface area contributed by atoms with Gasteiger partial charge in [0.1, 0.15) is 5.75 Å². The number of carbonyl (C=O) groups excluding carboxylic acids is 1. The maximum absolute atomic E-state index is 13.3. The van der Waals surface area contributed by atoms with Gasteiger partial charge < -0.3 is 4.74 Å². The van der Waals surface area contributed by atoms with Crippen molar-refractivity contribution in [1.82, 2.24) is 0 Å². The number of amides is 1. The number of rotatable bonds is 2. The molecule has 2 aliphatic rings. The molecule has 2 aromatic carbocycles. The number of carbonyl (C=O) groups is 1. The quantitative estimate of drug-likeness (QED) is 0.741. The summed E-state index contributed by atoms with van der Waals surface area (Å²) >= 11 is 0. The van der Waals surface area contributed by atoms with E-state index >= 15 is 0 Å². The Labute approximate surface area is 148 Å². The van der Waals surface area contributed by atoms with Crippen molar-refractivity contribution >= 4 is 28.8 Å². The normalized spacial score (nSPS) is 19.0. The first-order chi connectivity index (χ1) is 11.9. The van der Waals surface area contributed by atoms with Gasteiger partial charge in [-0.1, -0.05) is 36.4 Å². The fourth-order valence-electron chi connectivity index (χ4n) is 3.89. The molecule has 0 N–H and O–H groups in total. The van der Waals surface area contributed by atoms with Crippen LogP contribution < -0.4 is 9.64 Å². The van der Waals surface area contributed by atoms with Crippen LogP contribution in [0.15, 0.2) is 48.5 Å². The molecule has 0 aliphatic carbocycles. The lowest BCUT2D eigenvalue weighted by atomic mass is 9.89. The van der Waals surface area contributed by atoms with Gasteiger partial charge in [0.2, 0.25) is 0 Å². The van der Waals surface area contributed by atoms with E-state index in [1.807, 2.05) is 53.4 Å². The molecule has 2 heterocycles. The molecular weight excluding hydrogens is 310 g/mol. The third-order valence-electron chi connectivity index (χ3n) is 4.95. The molecule has 25 heavy (non-hydrogen) atoms. The van der Waals surface area contributed by atoms with Gasteiger partial charge in [0.15, 0.2) is 0 Å². The number of allylic oxidation sites excluding steroid dienone is 1. The maximum Gasteiger partial charge on any atom is 0.259 e. The first-order valence-corrected chi connectivity index (χ1v) is 8.46. The van der Waals surface area contributed by atoms with Crippen molar-refractivity contribution in [3.63, 3.8) is 0 Å². The Kier molecular flexibility index (Phi) is 3.36. The maximum atomic E-state index is 13.3. The zero-order valence-electron chi connectivity index (χ0n) is 15.0. The van der Waals surface area contributed by atoms with Crippen LogP contribution in [0.1, 0.15) is 37.5 Å². The molecule has 4 rings (SSSR count). The topological polar surface area (TPSA) is 29.5 Å². The summed E-state index contributed by atoms with van der Waals surface area (Å²) in [5.41, 5.74) is 5.57. The molecule has 0 aromatic heterocycles. The summed E-state index contributed by atoms with van der Waals surface area (Å²) in [4.78, 5) is 15.2. The van der Waals surface area contributed by atoms with Crippen molar-refractivity contribution in [2.75, 3.05) is 12.0 Å². The van der Waals surface area contributed by atoms with Crippen LogP contribution in [0.4, 0.5) is 5.69 Å². The average Bonchev–Trinajstić information content (AvgIpc) is 2.86. The summed E-state index contributed by atoms with van der Waals surface area (Å²) in [5.74, 6) is 0.817. The van der Waals surface area contributed by atoms with E-state index in [-0.39, 0.29) is 11.4 Å². The fourth-order valence-corrected chi connectivity index (χ4v) is 3.89. The van der Waals surface area contributed by atoms with Crippen molar-refractivity contribution in [1.29, 1.82) is 0 Å². The molecule has 0 radical (unpaired) electrons. The molecule has 1 amide bonds. The molecule has 0 atom stereocenters. The van der Waals surface area contributed by atoms with E-state index < -0.39 is 0 Å². The Morgan fingerprint density at radius 2 is 1.76 bits per heavy atom. The lowest BCUT2D eigenvalue weighted by Crippen LogP contribution is -2.46. The Morgan fingerprint density at radius 1 is 1.08 bits per heavy atom. The van der Waals surface area contributed by atoms with E-state index in [1.165, 1.54) is 5.57 Å². The van der Waals surface area contributed by atoms with Gasteiger partial charge in [-0.05, 0) is 50.1 Å².